The summed E-state index contributed by atoms with van der Waals surface area (Å²) in [7, 11) is 0. The first kappa shape index (κ1) is 8.88. The molecule has 55 valence electrons. The predicted molar refractivity (Wildman–Crippen MR) is 34.7 cm³/mol. The summed E-state index contributed by atoms with van der Waals surface area (Å²) in [5.74, 6) is 0. The topological polar surface area (TPSA) is 52.2 Å². The maximum atomic E-state index is 9.87. The average Bonchev–Trinajstić information content (AvgIpc) is 1.89. The lowest BCUT2D eigenvalue weighted by molar-refractivity contribution is 0.188. The summed E-state index contributed by atoms with van der Waals surface area (Å²) in [5, 5.41) is 21.2. The van der Waals surface area contributed by atoms with E-state index in [-0.39, 0.29) is 13.2 Å². The Kier molecular flexibility index (Phi) is 7.77. The fourth-order valence-corrected chi connectivity index (χ4v) is 0.526. The summed E-state index contributed by atoms with van der Waals surface area (Å²) in [5.41, 5.74) is 0. The van der Waals surface area contributed by atoms with Crippen LogP contribution >= 0.6 is 0 Å². The molecule has 3 heteroatoms. The fourth-order valence-electron chi connectivity index (χ4n) is 0.526. The normalized spacial score (nSPS) is 10.0. The molecule has 0 heterocycles. The maximum absolute atomic E-state index is 9.87. The summed E-state index contributed by atoms with van der Waals surface area (Å²) in [4.78, 5) is 0. The standard InChI is InChI=1S/C6H14NO2/c8-5-1-3-7-4-2-6-9/h7-8H,1-6H2. The molecule has 0 aromatic rings. The Morgan fingerprint density at radius 2 is 1.89 bits per heavy atom. The predicted octanol–water partition coefficient (Wildman–Crippen LogP) is -0.221. The van der Waals surface area contributed by atoms with E-state index in [1.165, 1.54) is 0 Å². The van der Waals surface area contributed by atoms with Crippen LogP contribution in [0.4, 0.5) is 0 Å². The van der Waals surface area contributed by atoms with E-state index in [0.29, 0.717) is 6.42 Å². The number of hydrogen-bond donors (Lipinski definition) is 2. The first-order valence-electron chi connectivity index (χ1n) is 3.31. The molecule has 0 fully saturated rings. The molecule has 9 heavy (non-hydrogen) atoms. The SMILES string of the molecule is [O]CCCNCCCO. The van der Waals surface area contributed by atoms with Gasteiger partial charge in [0.15, 0.2) is 0 Å². The largest absolute Gasteiger partial charge is 0.396 e. The van der Waals surface area contributed by atoms with Crippen LogP contribution < -0.4 is 5.32 Å². The molecule has 3 nitrogen and oxygen atoms in total. The molecule has 0 aliphatic heterocycles. The zero-order chi connectivity index (χ0) is 6.95. The molecular formula is C6H14NO2. The highest BCUT2D eigenvalue weighted by Gasteiger charge is 1.85. The van der Waals surface area contributed by atoms with Crippen molar-refractivity contribution in [1.29, 1.82) is 0 Å². The van der Waals surface area contributed by atoms with Crippen LogP contribution in [0.3, 0.4) is 0 Å². The van der Waals surface area contributed by atoms with Gasteiger partial charge in [-0.3, -0.25) is 0 Å². The average molecular weight is 132 g/mol. The van der Waals surface area contributed by atoms with Crippen LogP contribution in [0.5, 0.6) is 0 Å². The molecule has 0 unspecified atom stereocenters. The van der Waals surface area contributed by atoms with Gasteiger partial charge in [0, 0.05) is 6.61 Å². The first-order chi connectivity index (χ1) is 4.41. The minimum Gasteiger partial charge on any atom is -0.396 e. The van der Waals surface area contributed by atoms with Crippen molar-refractivity contribution < 1.29 is 10.2 Å². The van der Waals surface area contributed by atoms with Gasteiger partial charge >= 0.3 is 0 Å². The van der Waals surface area contributed by atoms with Gasteiger partial charge in [-0.05, 0) is 25.9 Å². The van der Waals surface area contributed by atoms with Gasteiger partial charge in [0.2, 0.25) is 0 Å². The molecule has 2 N–H and O–H groups in total. The first-order valence-corrected chi connectivity index (χ1v) is 3.31. The van der Waals surface area contributed by atoms with Crippen LogP contribution in [-0.4, -0.2) is 31.4 Å². The van der Waals surface area contributed by atoms with Crippen molar-refractivity contribution in [2.75, 3.05) is 26.3 Å². The second-order valence-electron chi connectivity index (χ2n) is 1.88. The minimum atomic E-state index is -0.00781. The molecule has 0 saturated carbocycles. The molecule has 0 rings (SSSR count). The van der Waals surface area contributed by atoms with Gasteiger partial charge in [-0.15, -0.1) is 0 Å². The summed E-state index contributed by atoms with van der Waals surface area (Å²) >= 11 is 0. The van der Waals surface area contributed by atoms with E-state index in [9.17, 15) is 5.11 Å². The van der Waals surface area contributed by atoms with Gasteiger partial charge in [-0.2, -0.15) is 0 Å². The molecule has 0 saturated heterocycles. The van der Waals surface area contributed by atoms with E-state index in [4.69, 9.17) is 5.11 Å². The third kappa shape index (κ3) is 7.88. The molecule has 0 bridgehead atoms. The summed E-state index contributed by atoms with van der Waals surface area (Å²) in [6.45, 7) is 1.82. The van der Waals surface area contributed by atoms with E-state index in [1.807, 2.05) is 0 Å². The molecule has 0 spiro atoms. The Labute approximate surface area is 55.7 Å². The summed E-state index contributed by atoms with van der Waals surface area (Å²) in [6, 6.07) is 0. The number of nitrogens with one attached hydrogen (secondary N) is 1. The van der Waals surface area contributed by atoms with E-state index < -0.39 is 0 Å². The quantitative estimate of drug-likeness (QED) is 0.491. The number of hydrogen-bond acceptors (Lipinski definition) is 2. The third-order valence-electron chi connectivity index (χ3n) is 1.01. The van der Waals surface area contributed by atoms with Crippen LogP contribution in [0.25, 0.3) is 0 Å². The van der Waals surface area contributed by atoms with Crippen molar-refractivity contribution in [2.45, 2.75) is 12.8 Å². The molecule has 0 atom stereocenters. The van der Waals surface area contributed by atoms with Gasteiger partial charge in [0.25, 0.3) is 0 Å². The third-order valence-corrected chi connectivity index (χ3v) is 1.01. The van der Waals surface area contributed by atoms with Crippen molar-refractivity contribution in [3.8, 4) is 0 Å². The summed E-state index contributed by atoms with van der Waals surface area (Å²) in [6.07, 6.45) is 1.46. The minimum absolute atomic E-state index is 0.00781. The zero-order valence-electron chi connectivity index (χ0n) is 5.60. The van der Waals surface area contributed by atoms with Crippen LogP contribution in [0, 0.1) is 0 Å². The van der Waals surface area contributed by atoms with Crippen molar-refractivity contribution in [3.63, 3.8) is 0 Å². The smallest absolute Gasteiger partial charge is 0.0834 e. The van der Waals surface area contributed by atoms with Gasteiger partial charge in [0.1, 0.15) is 0 Å². The Morgan fingerprint density at radius 1 is 1.22 bits per heavy atom. The van der Waals surface area contributed by atoms with Crippen molar-refractivity contribution in [2.24, 2.45) is 0 Å². The molecule has 0 aliphatic rings. The molecule has 0 aromatic carbocycles. The van der Waals surface area contributed by atoms with E-state index in [0.717, 1.165) is 19.5 Å². The van der Waals surface area contributed by atoms with Crippen molar-refractivity contribution in [1.82, 2.24) is 5.32 Å². The zero-order valence-corrected chi connectivity index (χ0v) is 5.60. The van der Waals surface area contributed by atoms with E-state index in [2.05, 4.69) is 5.32 Å². The van der Waals surface area contributed by atoms with Crippen LogP contribution in [0.2, 0.25) is 0 Å². The molecule has 1 radical (unpaired) electrons. The number of aliphatic hydroxyl groups is 1. The highest BCUT2D eigenvalue weighted by molar-refractivity contribution is 4.45. The van der Waals surface area contributed by atoms with Crippen molar-refractivity contribution in [3.05, 3.63) is 0 Å². The molecule has 0 amide bonds. The van der Waals surface area contributed by atoms with Crippen LogP contribution in [-0.2, 0) is 5.11 Å². The maximum Gasteiger partial charge on any atom is 0.0834 e. The molecular weight excluding hydrogens is 118 g/mol. The van der Waals surface area contributed by atoms with Gasteiger partial charge in [-0.25, -0.2) is 5.11 Å². The molecule has 0 aliphatic carbocycles. The second kappa shape index (κ2) is 7.88. The van der Waals surface area contributed by atoms with E-state index >= 15 is 0 Å². The van der Waals surface area contributed by atoms with Gasteiger partial charge in [-0.1, -0.05) is 0 Å². The van der Waals surface area contributed by atoms with Gasteiger partial charge < -0.3 is 10.4 Å². The lowest BCUT2D eigenvalue weighted by atomic mass is 10.4. The highest BCUT2D eigenvalue weighted by Crippen LogP contribution is 1.74. The van der Waals surface area contributed by atoms with Crippen LogP contribution in [0.1, 0.15) is 12.8 Å². The Bertz CT molecular complexity index is 44.3. The Hall–Kier alpha value is -0.120. The monoisotopic (exact) mass is 132 g/mol. The summed E-state index contributed by atoms with van der Waals surface area (Å²) < 4.78 is 0. The number of aliphatic hydroxyl groups excluding tert-OH is 1. The van der Waals surface area contributed by atoms with Crippen LogP contribution in [0.15, 0.2) is 0 Å². The number of rotatable bonds is 6. The Morgan fingerprint density at radius 3 is 2.44 bits per heavy atom. The van der Waals surface area contributed by atoms with E-state index in [1.54, 1.807) is 0 Å². The lowest BCUT2D eigenvalue weighted by Gasteiger charge is -1.98. The van der Waals surface area contributed by atoms with Gasteiger partial charge in [0.05, 0.1) is 6.61 Å². The highest BCUT2D eigenvalue weighted by atomic mass is 16.3. The lowest BCUT2D eigenvalue weighted by Crippen LogP contribution is -2.18. The Balaban J connectivity index is 2.60. The molecule has 0 aromatic heterocycles. The second-order valence-corrected chi connectivity index (χ2v) is 1.88. The fraction of sp³-hybridized carbons (Fsp3) is 1.00. The van der Waals surface area contributed by atoms with Crippen molar-refractivity contribution >= 4 is 0 Å².